The van der Waals surface area contributed by atoms with E-state index < -0.39 is 5.97 Å². The number of rotatable bonds is 17. The Bertz CT molecular complexity index is 247. The molecule has 1 N–H and O–H groups in total. The summed E-state index contributed by atoms with van der Waals surface area (Å²) in [5, 5.41) is 10.2. The summed E-state index contributed by atoms with van der Waals surface area (Å²) >= 11 is 0. The van der Waals surface area contributed by atoms with E-state index in [1.165, 1.54) is 90.3 Å². The number of aliphatic carboxylic acids is 1. The van der Waals surface area contributed by atoms with Gasteiger partial charge >= 0.3 is 0 Å². The van der Waals surface area contributed by atoms with Crippen molar-refractivity contribution in [2.24, 2.45) is 0 Å². The van der Waals surface area contributed by atoms with E-state index in [9.17, 15) is 9.90 Å². The molecule has 3 heteroatoms. The molecule has 0 aromatic heterocycles. The predicted molar refractivity (Wildman–Crippen MR) is 108 cm³/mol. The van der Waals surface area contributed by atoms with E-state index >= 15 is 0 Å². The van der Waals surface area contributed by atoms with Crippen LogP contribution >= 0.6 is 0 Å². The molecule has 25 heavy (non-hydrogen) atoms. The Morgan fingerprint density at radius 1 is 0.600 bits per heavy atom. The van der Waals surface area contributed by atoms with Gasteiger partial charge in [0.25, 0.3) is 0 Å². The van der Waals surface area contributed by atoms with Gasteiger partial charge in [0.05, 0.1) is 19.6 Å². The maximum absolute atomic E-state index is 10.2. The highest BCUT2D eigenvalue weighted by atomic mass is 16.4. The van der Waals surface area contributed by atoms with Crippen molar-refractivity contribution >= 4 is 5.97 Å². The molecule has 0 aliphatic carbocycles. The first-order valence-electron chi connectivity index (χ1n) is 11.2. The second-order valence-electron chi connectivity index (χ2n) is 7.18. The van der Waals surface area contributed by atoms with E-state index in [1.54, 1.807) is 4.90 Å². The van der Waals surface area contributed by atoms with Crippen molar-refractivity contribution in [1.82, 2.24) is 0 Å². The van der Waals surface area contributed by atoms with E-state index in [4.69, 9.17) is 0 Å². The number of nitrogens with one attached hydrogen (secondary N) is 1. The number of carbonyl (C=O) groups is 1. The molecule has 0 radical (unpaired) electrons. The largest absolute Gasteiger partial charge is 0.550 e. The second-order valence-corrected chi connectivity index (χ2v) is 7.18. The lowest BCUT2D eigenvalue weighted by Crippen LogP contribution is -3.11. The molecule has 0 unspecified atom stereocenters. The highest BCUT2D eigenvalue weighted by Gasteiger charge is 1.94. The van der Waals surface area contributed by atoms with E-state index in [2.05, 4.69) is 27.7 Å². The Balaban J connectivity index is 0. The van der Waals surface area contributed by atoms with Crippen LogP contribution in [0.5, 0.6) is 0 Å². The number of carbonyl (C=O) groups excluding carboxylic acids is 1. The monoisotopic (exact) mass is 357 g/mol. The standard InChI is InChI=1S/C16H32O2.C6H15N/c1-2-3-4-5-6-7-8-9-10-11-12-13-14-15-16(17)18;1-4-7(5-2)6-3/h2-15H2,1H3,(H,17,18);4-6H2,1-3H3. The van der Waals surface area contributed by atoms with Gasteiger partial charge in [-0.05, 0) is 33.6 Å². The van der Waals surface area contributed by atoms with Gasteiger partial charge in [-0.15, -0.1) is 0 Å². The van der Waals surface area contributed by atoms with E-state index in [0.717, 1.165) is 12.8 Å². The smallest absolute Gasteiger partial charge is 0.0742 e. The van der Waals surface area contributed by atoms with E-state index in [0.29, 0.717) is 0 Å². The lowest BCUT2D eigenvalue weighted by molar-refractivity contribution is -0.894. The van der Waals surface area contributed by atoms with Crippen LogP contribution in [0.4, 0.5) is 0 Å². The van der Waals surface area contributed by atoms with E-state index in [-0.39, 0.29) is 6.42 Å². The summed E-state index contributed by atoms with van der Waals surface area (Å²) < 4.78 is 0. The lowest BCUT2D eigenvalue weighted by atomic mass is 10.0. The van der Waals surface area contributed by atoms with Crippen molar-refractivity contribution in [2.45, 2.75) is 118 Å². The predicted octanol–water partition coefficient (Wildman–Crippen LogP) is 4.15. The SMILES string of the molecule is CCCCCCCCCCCCCCCC(=O)[O-].CC[NH+](CC)CC. The third-order valence-electron chi connectivity index (χ3n) is 4.98. The molecule has 0 aliphatic rings. The summed E-state index contributed by atoms with van der Waals surface area (Å²) in [7, 11) is 0. The van der Waals surface area contributed by atoms with Crippen LogP contribution in [0.1, 0.15) is 118 Å². The summed E-state index contributed by atoms with van der Waals surface area (Å²) in [6, 6.07) is 0. The molecule has 0 saturated carbocycles. The maximum atomic E-state index is 10.2. The average Bonchev–Trinajstić information content (AvgIpc) is 2.61. The minimum absolute atomic E-state index is 0.234. The molecule has 0 saturated heterocycles. The molecule has 0 heterocycles. The first-order valence-corrected chi connectivity index (χ1v) is 11.2. The van der Waals surface area contributed by atoms with Crippen molar-refractivity contribution in [1.29, 1.82) is 0 Å². The van der Waals surface area contributed by atoms with Crippen LogP contribution in [-0.2, 0) is 4.79 Å². The molecule has 0 spiro atoms. The molecule has 152 valence electrons. The Labute approximate surface area is 158 Å². The molecule has 0 amide bonds. The zero-order chi connectivity index (χ0) is 19.2. The van der Waals surface area contributed by atoms with Crippen molar-refractivity contribution in [2.75, 3.05) is 19.6 Å². The van der Waals surface area contributed by atoms with Crippen LogP contribution in [0.3, 0.4) is 0 Å². The van der Waals surface area contributed by atoms with Crippen LogP contribution < -0.4 is 10.0 Å². The Hall–Kier alpha value is -0.570. The van der Waals surface area contributed by atoms with E-state index in [1.807, 2.05) is 0 Å². The van der Waals surface area contributed by atoms with Crippen LogP contribution in [0.2, 0.25) is 0 Å². The van der Waals surface area contributed by atoms with Gasteiger partial charge in [0.1, 0.15) is 0 Å². The van der Waals surface area contributed by atoms with Crippen molar-refractivity contribution < 1.29 is 14.8 Å². The first-order chi connectivity index (χ1) is 12.1. The third kappa shape index (κ3) is 25.8. The molecule has 0 aliphatic heterocycles. The maximum Gasteiger partial charge on any atom is 0.0742 e. The molecule has 0 atom stereocenters. The van der Waals surface area contributed by atoms with Gasteiger partial charge in [0.15, 0.2) is 0 Å². The summed E-state index contributed by atoms with van der Waals surface area (Å²) in [6.07, 6.45) is 16.9. The molecular formula is C22H47NO2. The summed E-state index contributed by atoms with van der Waals surface area (Å²) in [6.45, 7) is 12.7. The lowest BCUT2D eigenvalue weighted by Gasteiger charge is -2.10. The minimum Gasteiger partial charge on any atom is -0.550 e. The normalized spacial score (nSPS) is 10.6. The van der Waals surface area contributed by atoms with Crippen molar-refractivity contribution in [3.63, 3.8) is 0 Å². The molecule has 0 aromatic rings. The molecule has 0 aromatic carbocycles. The second kappa shape index (κ2) is 23.4. The summed E-state index contributed by atoms with van der Waals surface area (Å²) in [4.78, 5) is 11.9. The number of quaternary nitrogens is 1. The number of hydrogen-bond acceptors (Lipinski definition) is 2. The Kier molecular flexibility index (Phi) is 25.0. The van der Waals surface area contributed by atoms with Gasteiger partial charge in [0, 0.05) is 5.97 Å². The number of hydrogen-bond donors (Lipinski definition) is 1. The molecule has 0 bridgehead atoms. The van der Waals surface area contributed by atoms with Crippen LogP contribution in [0, 0.1) is 0 Å². The van der Waals surface area contributed by atoms with Gasteiger partial charge < -0.3 is 14.8 Å². The van der Waals surface area contributed by atoms with Gasteiger partial charge in [-0.2, -0.15) is 0 Å². The molecule has 0 rings (SSSR count). The zero-order valence-electron chi connectivity index (χ0n) is 17.8. The number of carboxylic acids is 1. The zero-order valence-corrected chi connectivity index (χ0v) is 17.8. The number of carboxylic acid groups (broad SMARTS) is 1. The van der Waals surface area contributed by atoms with Crippen molar-refractivity contribution in [3.8, 4) is 0 Å². The van der Waals surface area contributed by atoms with Crippen LogP contribution in [0.25, 0.3) is 0 Å². The van der Waals surface area contributed by atoms with Gasteiger partial charge in [-0.3, -0.25) is 0 Å². The topological polar surface area (TPSA) is 44.6 Å². The minimum atomic E-state index is -0.905. The highest BCUT2D eigenvalue weighted by Crippen LogP contribution is 2.12. The molecule has 0 fully saturated rings. The summed E-state index contributed by atoms with van der Waals surface area (Å²) in [5.41, 5.74) is 0. The average molecular weight is 358 g/mol. The van der Waals surface area contributed by atoms with Gasteiger partial charge in [-0.1, -0.05) is 84.0 Å². The summed E-state index contributed by atoms with van der Waals surface area (Å²) in [5.74, 6) is -0.905. The quantitative estimate of drug-likeness (QED) is 0.397. The number of unbranched alkanes of at least 4 members (excludes halogenated alkanes) is 12. The van der Waals surface area contributed by atoms with Crippen molar-refractivity contribution in [3.05, 3.63) is 0 Å². The van der Waals surface area contributed by atoms with Gasteiger partial charge in [0.2, 0.25) is 0 Å². The Morgan fingerprint density at radius 2 is 0.920 bits per heavy atom. The first kappa shape index (κ1) is 26.7. The van der Waals surface area contributed by atoms with Crippen LogP contribution in [0.15, 0.2) is 0 Å². The highest BCUT2D eigenvalue weighted by molar-refractivity contribution is 5.63. The molecular weight excluding hydrogens is 310 g/mol. The fraction of sp³-hybridized carbons (Fsp3) is 0.955. The fourth-order valence-electron chi connectivity index (χ4n) is 3.04. The Morgan fingerprint density at radius 3 is 1.16 bits per heavy atom. The fourth-order valence-corrected chi connectivity index (χ4v) is 3.04. The third-order valence-corrected chi connectivity index (χ3v) is 4.98. The van der Waals surface area contributed by atoms with Gasteiger partial charge in [-0.25, -0.2) is 0 Å². The molecule has 3 nitrogen and oxygen atoms in total. The van der Waals surface area contributed by atoms with Crippen LogP contribution in [-0.4, -0.2) is 25.6 Å².